The van der Waals surface area contributed by atoms with Gasteiger partial charge >= 0.3 is 0 Å². The molecule has 0 spiro atoms. The maximum atomic E-state index is 13.0. The molecule has 88 valence electrons. The van der Waals surface area contributed by atoms with Crippen LogP contribution in [0.3, 0.4) is 0 Å². The first kappa shape index (κ1) is 11.5. The molecule has 2 nitrogen and oxygen atoms in total. The Bertz CT molecular complexity index is 385. The van der Waals surface area contributed by atoms with Crippen LogP contribution in [0.5, 0.6) is 0 Å². The largest absolute Gasteiger partial charge is 0.388 e. The Balaban J connectivity index is 2.26. The number of hydrogen-bond donors (Lipinski definition) is 2. The molecule has 0 heterocycles. The molecule has 0 radical (unpaired) electrons. The van der Waals surface area contributed by atoms with Gasteiger partial charge < -0.3 is 10.8 Å². The first-order chi connectivity index (χ1) is 7.59. The molecule has 1 aliphatic rings. The van der Waals surface area contributed by atoms with Gasteiger partial charge in [0.05, 0.1) is 6.10 Å². The van der Waals surface area contributed by atoms with Gasteiger partial charge in [0.2, 0.25) is 0 Å². The van der Waals surface area contributed by atoms with Crippen molar-refractivity contribution in [2.45, 2.75) is 25.4 Å². The van der Waals surface area contributed by atoms with Crippen LogP contribution in [0.15, 0.2) is 18.2 Å². The molecule has 1 aromatic carbocycles. The molecule has 16 heavy (non-hydrogen) atoms. The number of rotatable bonds is 3. The van der Waals surface area contributed by atoms with E-state index in [9.17, 15) is 13.9 Å². The van der Waals surface area contributed by atoms with E-state index in [2.05, 4.69) is 0 Å². The van der Waals surface area contributed by atoms with E-state index in [-0.39, 0.29) is 5.41 Å². The van der Waals surface area contributed by atoms with Crippen LogP contribution in [-0.2, 0) is 0 Å². The third kappa shape index (κ3) is 1.72. The van der Waals surface area contributed by atoms with Gasteiger partial charge in [0.1, 0.15) is 0 Å². The van der Waals surface area contributed by atoms with Gasteiger partial charge in [-0.2, -0.15) is 0 Å². The average Bonchev–Trinajstić information content (AvgIpc) is 2.21. The van der Waals surface area contributed by atoms with Crippen molar-refractivity contribution in [3.63, 3.8) is 0 Å². The molecule has 0 aliphatic heterocycles. The van der Waals surface area contributed by atoms with Crippen LogP contribution in [-0.4, -0.2) is 11.7 Å². The monoisotopic (exact) mass is 227 g/mol. The Morgan fingerprint density at radius 1 is 1.31 bits per heavy atom. The van der Waals surface area contributed by atoms with Gasteiger partial charge in [0.25, 0.3) is 0 Å². The van der Waals surface area contributed by atoms with Gasteiger partial charge in [0.15, 0.2) is 11.6 Å². The third-order valence-corrected chi connectivity index (χ3v) is 3.60. The summed E-state index contributed by atoms with van der Waals surface area (Å²) in [7, 11) is 0. The molecule has 1 fully saturated rings. The second-order valence-electron chi connectivity index (χ2n) is 4.50. The van der Waals surface area contributed by atoms with Gasteiger partial charge in [-0.15, -0.1) is 0 Å². The highest BCUT2D eigenvalue weighted by Gasteiger charge is 2.43. The molecule has 0 aromatic heterocycles. The summed E-state index contributed by atoms with van der Waals surface area (Å²) in [5.41, 5.74) is 5.71. The van der Waals surface area contributed by atoms with E-state index in [1.807, 2.05) is 0 Å². The minimum absolute atomic E-state index is 0.343. The van der Waals surface area contributed by atoms with Gasteiger partial charge in [-0.05, 0) is 30.5 Å². The Hall–Kier alpha value is -1.00. The molecular formula is C12H15F2NO. The predicted octanol–water partition coefficient (Wildman–Crippen LogP) is 2.13. The second kappa shape index (κ2) is 4.11. The summed E-state index contributed by atoms with van der Waals surface area (Å²) in [4.78, 5) is 0. The first-order valence-electron chi connectivity index (χ1n) is 5.42. The Morgan fingerprint density at radius 2 is 2.00 bits per heavy atom. The van der Waals surface area contributed by atoms with Crippen LogP contribution in [0.2, 0.25) is 0 Å². The highest BCUT2D eigenvalue weighted by molar-refractivity contribution is 5.23. The van der Waals surface area contributed by atoms with Crippen molar-refractivity contribution < 1.29 is 13.9 Å². The van der Waals surface area contributed by atoms with Crippen LogP contribution in [0.25, 0.3) is 0 Å². The molecule has 0 bridgehead atoms. The number of aliphatic hydroxyl groups is 1. The highest BCUT2D eigenvalue weighted by atomic mass is 19.2. The Kier molecular flexibility index (Phi) is 2.95. The van der Waals surface area contributed by atoms with Crippen molar-refractivity contribution in [3.05, 3.63) is 35.4 Å². The van der Waals surface area contributed by atoms with Crippen molar-refractivity contribution in [3.8, 4) is 0 Å². The minimum atomic E-state index is -0.928. The van der Waals surface area contributed by atoms with E-state index >= 15 is 0 Å². The summed E-state index contributed by atoms with van der Waals surface area (Å²) >= 11 is 0. The van der Waals surface area contributed by atoms with Gasteiger partial charge in [-0.3, -0.25) is 0 Å². The lowest BCUT2D eigenvalue weighted by molar-refractivity contribution is -0.0298. The van der Waals surface area contributed by atoms with Crippen molar-refractivity contribution >= 4 is 0 Å². The normalized spacial score (nSPS) is 20.2. The van der Waals surface area contributed by atoms with Crippen molar-refractivity contribution in [1.29, 1.82) is 0 Å². The highest BCUT2D eigenvalue weighted by Crippen LogP contribution is 2.49. The standard InChI is InChI=1S/C12H15F2NO/c13-9-3-2-8(6-10(9)14)11(16)12(7-15)4-1-5-12/h2-3,6,11,16H,1,4-5,7,15H2. The van der Waals surface area contributed by atoms with Crippen LogP contribution >= 0.6 is 0 Å². The zero-order chi connectivity index (χ0) is 11.8. The Morgan fingerprint density at radius 3 is 2.44 bits per heavy atom. The van der Waals surface area contributed by atoms with E-state index in [4.69, 9.17) is 5.73 Å². The smallest absolute Gasteiger partial charge is 0.159 e. The summed E-state index contributed by atoms with van der Waals surface area (Å²) in [6.45, 7) is 0.368. The fourth-order valence-electron chi connectivity index (χ4n) is 2.26. The number of hydrogen-bond acceptors (Lipinski definition) is 2. The predicted molar refractivity (Wildman–Crippen MR) is 56.7 cm³/mol. The lowest BCUT2D eigenvalue weighted by atomic mass is 9.63. The zero-order valence-electron chi connectivity index (χ0n) is 8.92. The average molecular weight is 227 g/mol. The molecule has 1 aromatic rings. The Labute approximate surface area is 93.1 Å². The van der Waals surface area contributed by atoms with Gasteiger partial charge in [-0.25, -0.2) is 8.78 Å². The molecule has 1 atom stereocenters. The van der Waals surface area contributed by atoms with Crippen molar-refractivity contribution in [2.24, 2.45) is 11.1 Å². The van der Waals surface area contributed by atoms with Crippen LogP contribution in [0.1, 0.15) is 30.9 Å². The molecular weight excluding hydrogens is 212 g/mol. The van der Waals surface area contributed by atoms with Gasteiger partial charge in [0, 0.05) is 12.0 Å². The number of aliphatic hydroxyl groups excluding tert-OH is 1. The quantitative estimate of drug-likeness (QED) is 0.830. The molecule has 3 N–H and O–H groups in total. The number of nitrogens with two attached hydrogens (primary N) is 1. The molecule has 1 unspecified atom stereocenters. The molecule has 4 heteroatoms. The zero-order valence-corrected chi connectivity index (χ0v) is 8.92. The second-order valence-corrected chi connectivity index (χ2v) is 4.50. The van der Waals surface area contributed by atoms with Gasteiger partial charge in [-0.1, -0.05) is 12.5 Å². The van der Waals surface area contributed by atoms with E-state index in [1.54, 1.807) is 0 Å². The molecule has 1 saturated carbocycles. The summed E-state index contributed by atoms with van der Waals surface area (Å²) in [6, 6.07) is 3.51. The summed E-state index contributed by atoms with van der Waals surface area (Å²) in [6.07, 6.45) is 1.90. The first-order valence-corrected chi connectivity index (χ1v) is 5.42. The topological polar surface area (TPSA) is 46.2 Å². The minimum Gasteiger partial charge on any atom is -0.388 e. The number of halogens is 2. The lowest BCUT2D eigenvalue weighted by Gasteiger charge is -2.44. The molecule has 2 rings (SSSR count). The summed E-state index contributed by atoms with van der Waals surface area (Å²) < 4.78 is 25.8. The molecule has 0 saturated heterocycles. The fraction of sp³-hybridized carbons (Fsp3) is 0.500. The fourth-order valence-corrected chi connectivity index (χ4v) is 2.26. The van der Waals surface area contributed by atoms with E-state index in [0.717, 1.165) is 31.4 Å². The molecule has 1 aliphatic carbocycles. The van der Waals surface area contributed by atoms with Crippen molar-refractivity contribution in [1.82, 2.24) is 0 Å². The molecule has 0 amide bonds. The third-order valence-electron chi connectivity index (χ3n) is 3.60. The van der Waals surface area contributed by atoms with E-state index in [1.165, 1.54) is 6.07 Å². The summed E-state index contributed by atoms with van der Waals surface area (Å²) in [5, 5.41) is 10.1. The van der Waals surface area contributed by atoms with Crippen LogP contribution in [0, 0.1) is 17.0 Å². The van der Waals surface area contributed by atoms with E-state index < -0.39 is 17.7 Å². The summed E-state index contributed by atoms with van der Waals surface area (Å²) in [5.74, 6) is -1.82. The van der Waals surface area contributed by atoms with Crippen LogP contribution < -0.4 is 5.73 Å². The number of benzene rings is 1. The SMILES string of the molecule is NCC1(C(O)c2ccc(F)c(F)c2)CCC1. The lowest BCUT2D eigenvalue weighted by Crippen LogP contribution is -2.42. The maximum absolute atomic E-state index is 13.0. The van der Waals surface area contributed by atoms with Crippen molar-refractivity contribution in [2.75, 3.05) is 6.54 Å². The van der Waals surface area contributed by atoms with E-state index in [0.29, 0.717) is 12.1 Å². The maximum Gasteiger partial charge on any atom is 0.159 e. The van der Waals surface area contributed by atoms with Crippen LogP contribution in [0.4, 0.5) is 8.78 Å².